The molecule has 0 fully saturated rings. The summed E-state index contributed by atoms with van der Waals surface area (Å²) in [4.78, 5) is 45.7. The maximum Gasteiger partial charge on any atom is 0.232 e. The molecule has 0 saturated carbocycles. The monoisotopic (exact) mass is 1280 g/mol. The Kier molecular flexibility index (Phi) is 10.0. The maximum absolute atomic E-state index is 10.8. The second kappa shape index (κ2) is 13.6. The van der Waals surface area contributed by atoms with Gasteiger partial charge >= 0.3 is 0 Å². The number of hydrogen-bond donors (Lipinski definition) is 4. The average molecular weight is 1280 g/mol. The SMILES string of the molecule is O=[C-]Cc1cccc(Cc2nc(Nc3cccc(N[C-]=O)c3)nc(Nc3cccc(N[C-]=O)c3)n2)c1.[Rf].[Rf].[Rf]. The van der Waals surface area contributed by atoms with Crippen molar-refractivity contribution < 1.29 is 14.4 Å². The van der Waals surface area contributed by atoms with Gasteiger partial charge in [0.1, 0.15) is 5.82 Å². The van der Waals surface area contributed by atoms with Gasteiger partial charge in [-0.1, -0.05) is 54.1 Å². The van der Waals surface area contributed by atoms with Crippen LogP contribution in [0.15, 0.2) is 72.8 Å². The second-order valence-corrected chi connectivity index (χ2v) is 7.58. The van der Waals surface area contributed by atoms with Crippen LogP contribution < -0.4 is 21.3 Å². The van der Waals surface area contributed by atoms with Crippen LogP contribution in [-0.4, -0.2) is 34.1 Å². The molecule has 0 spiro atoms. The van der Waals surface area contributed by atoms with Gasteiger partial charge in [-0.25, -0.2) is 0 Å². The van der Waals surface area contributed by atoms with E-state index in [0.29, 0.717) is 35.0 Å². The van der Waals surface area contributed by atoms with E-state index >= 15 is 0 Å². The average Bonchev–Trinajstić information content (AvgIpc) is 2.85. The molecule has 186 valence electrons. The molecule has 1 aromatic heterocycles. The molecule has 3 aromatic carbocycles. The predicted molar refractivity (Wildman–Crippen MR) is 137 cm³/mol. The zero-order valence-electron chi connectivity index (χ0n) is 21.0. The van der Waals surface area contributed by atoms with E-state index in [1.165, 1.54) is 0 Å². The van der Waals surface area contributed by atoms with Gasteiger partial charge in [0.2, 0.25) is 11.9 Å². The van der Waals surface area contributed by atoms with E-state index in [2.05, 4.69) is 36.2 Å². The van der Waals surface area contributed by atoms with Crippen molar-refractivity contribution in [2.75, 3.05) is 21.3 Å². The summed E-state index contributed by atoms with van der Waals surface area (Å²) in [5.74, 6) is 1.04. The van der Waals surface area contributed by atoms with Gasteiger partial charge in [0.05, 0.1) is 12.8 Å². The fourth-order valence-corrected chi connectivity index (χ4v) is 3.45. The van der Waals surface area contributed by atoms with E-state index in [9.17, 15) is 14.4 Å². The molecule has 0 radical (unpaired) electrons. The topological polar surface area (TPSA) is 138 Å². The maximum atomic E-state index is 10.8. The molecule has 13 heteroatoms. The molecule has 0 bridgehead atoms. The number of aromatic nitrogens is 3. The molecule has 0 saturated heterocycles. The quantitative estimate of drug-likeness (QED) is 0.125. The van der Waals surface area contributed by atoms with Crippen LogP contribution in [0.5, 0.6) is 0 Å². The first kappa shape index (κ1) is 28.9. The van der Waals surface area contributed by atoms with E-state index < -0.39 is 0 Å². The number of anilines is 6. The molecule has 10 nitrogen and oxygen atoms in total. The smallest absolute Gasteiger partial charge is 0.232 e. The Morgan fingerprint density at radius 3 is 1.59 bits per heavy atom. The van der Waals surface area contributed by atoms with Crippen molar-refractivity contribution in [2.45, 2.75) is 12.8 Å². The molecule has 4 N–H and O–H groups in total. The first-order chi connectivity index (χ1) is 17.6. The van der Waals surface area contributed by atoms with Crippen LogP contribution in [0.25, 0.3) is 0 Å². The number of rotatable bonds is 12. The number of nitrogens with zero attached hydrogens (tertiary/aromatic N) is 3. The number of carbonyl (C=O) groups excluding carboxylic acids is 3. The van der Waals surface area contributed by atoms with Crippen molar-refractivity contribution in [3.63, 3.8) is 0 Å². The van der Waals surface area contributed by atoms with Crippen LogP contribution in [0.2, 0.25) is 0 Å². The van der Waals surface area contributed by atoms with E-state index in [0.717, 1.165) is 11.1 Å². The van der Waals surface area contributed by atoms with Crippen molar-refractivity contribution in [2.24, 2.45) is 0 Å². The minimum absolute atomic E-state index is 0. The summed E-state index contributed by atoms with van der Waals surface area (Å²) in [6.07, 6.45) is 5.79. The minimum Gasteiger partial charge on any atom is -0.541 e. The van der Waals surface area contributed by atoms with E-state index in [1.807, 2.05) is 30.6 Å². The Bertz CT molecular complexity index is 1210. The largest absolute Gasteiger partial charge is 0.541 e. The van der Waals surface area contributed by atoms with E-state index in [4.69, 9.17) is 0 Å². The Balaban J connectivity index is 0.00000253. The van der Waals surface area contributed by atoms with E-state index in [1.54, 1.807) is 61.4 Å². The van der Waals surface area contributed by atoms with Crippen molar-refractivity contribution in [3.05, 3.63) is 89.7 Å². The summed E-state index contributed by atoms with van der Waals surface area (Å²) in [5, 5.41) is 11.2. The van der Waals surface area contributed by atoms with Crippen molar-refractivity contribution in [3.8, 4) is 0 Å². The van der Waals surface area contributed by atoms with Crippen LogP contribution in [-0.2, 0) is 27.2 Å². The molecular formula is C26H20N7O3Rf3-3. The molecule has 0 unspecified atom stereocenters. The van der Waals surface area contributed by atoms with Gasteiger partial charge in [-0.05, 0) is 17.7 Å². The standard InChI is InChI=1S/C26H20N7O3.3Rf/c34-11-10-18-4-1-5-19(12-18)13-24-31-25(29-22-8-2-6-20(14-22)27-16-35)33-26(32-24)30-23-9-3-7-21(15-23)28-17-36;;;/h1-9,12,14-15H,10,13H2,(H,27,35)(H,28,36)(H2,29,30,31,32,33);;;/q-3;;;. The molecule has 0 aliphatic carbocycles. The molecule has 39 heavy (non-hydrogen) atoms. The molecule has 4 aromatic rings. The zero-order valence-corrected chi connectivity index (χ0v) is 40.2. The molecule has 0 aliphatic rings. The van der Waals surface area contributed by atoms with Crippen LogP contribution in [0, 0.1) is 0 Å². The summed E-state index contributed by atoms with van der Waals surface area (Å²) < 4.78 is 0. The molecular weight excluding hydrogens is 1260 g/mol. The van der Waals surface area contributed by atoms with Gasteiger partial charge in [0, 0.05) is 17.8 Å². The zero-order chi connectivity index (χ0) is 25.2. The van der Waals surface area contributed by atoms with Crippen LogP contribution >= 0.6 is 0 Å². The summed E-state index contributed by atoms with van der Waals surface area (Å²) in [5.41, 5.74) is 4.18. The molecule has 4 rings (SSSR count). The number of hydrogen-bond acceptors (Lipinski definition) is 8. The third kappa shape index (κ3) is 7.71. The Labute approximate surface area is 207 Å². The predicted octanol–water partition coefficient (Wildman–Crippen LogP) is 3.56. The third-order valence-electron chi connectivity index (χ3n) is 4.94. The van der Waals surface area contributed by atoms with Gasteiger partial charge in [0.25, 0.3) is 0 Å². The molecule has 2 amide bonds. The Hall–Kier alpha value is -8.12. The van der Waals surface area contributed by atoms with Crippen molar-refractivity contribution in [1.29, 1.82) is 0 Å². The Morgan fingerprint density at radius 2 is 1.08 bits per heavy atom. The fraction of sp³-hybridized carbons (Fsp3) is 0.0769. The fourth-order valence-electron chi connectivity index (χ4n) is 3.45. The van der Waals surface area contributed by atoms with E-state index in [-0.39, 0.29) is 18.3 Å². The first-order valence-electron chi connectivity index (χ1n) is 10.8. The normalized spacial score (nSPS) is 9.44. The van der Waals surface area contributed by atoms with Crippen LogP contribution in [0.4, 0.5) is 34.6 Å². The first-order valence-corrected chi connectivity index (χ1v) is 10.8. The van der Waals surface area contributed by atoms with Gasteiger partial charge in [-0.2, -0.15) is 15.0 Å². The Morgan fingerprint density at radius 1 is 0.590 bits per heavy atom. The van der Waals surface area contributed by atoms with Gasteiger partial charge in [-0.3, -0.25) is 6.29 Å². The van der Waals surface area contributed by atoms with Crippen molar-refractivity contribution >= 4 is 53.8 Å². The van der Waals surface area contributed by atoms with Crippen LogP contribution in [0.3, 0.4) is 0 Å². The number of nitrogens with one attached hydrogen (secondary N) is 4. The molecule has 0 atom stereocenters. The third-order valence-corrected chi connectivity index (χ3v) is 4.94. The molecule has 1 heterocycles. The summed E-state index contributed by atoms with van der Waals surface area (Å²) >= 11 is 0. The van der Waals surface area contributed by atoms with Gasteiger partial charge < -0.3 is 35.7 Å². The number of amides is 2. The minimum atomic E-state index is 0. The summed E-state index contributed by atoms with van der Waals surface area (Å²) in [7, 11) is 0. The van der Waals surface area contributed by atoms with Gasteiger partial charge in [-0.15, -0.1) is 29.9 Å². The summed E-state index contributed by atoms with van der Waals surface area (Å²) in [6.45, 7) is 0. The second-order valence-electron chi connectivity index (χ2n) is 7.58. The molecule has 0 aliphatic heterocycles. The summed E-state index contributed by atoms with van der Waals surface area (Å²) in [6, 6.07) is 21.6. The number of benzene rings is 3. The van der Waals surface area contributed by atoms with Crippen LogP contribution in [0.1, 0.15) is 17.0 Å². The van der Waals surface area contributed by atoms with Crippen molar-refractivity contribution in [1.82, 2.24) is 15.0 Å². The van der Waals surface area contributed by atoms with Gasteiger partial charge in [0.15, 0.2) is 0 Å².